The van der Waals surface area contributed by atoms with E-state index in [9.17, 15) is 0 Å². The summed E-state index contributed by atoms with van der Waals surface area (Å²) in [6.45, 7) is 0. The highest BCUT2D eigenvalue weighted by atomic mass is 32.1. The van der Waals surface area contributed by atoms with Gasteiger partial charge in [0.15, 0.2) is 11.6 Å². The first-order valence-electron chi connectivity index (χ1n) is 21.0. The molecule has 0 radical (unpaired) electrons. The highest BCUT2D eigenvalue weighted by Gasteiger charge is 2.30. The van der Waals surface area contributed by atoms with Crippen LogP contribution >= 0.6 is 11.3 Å². The summed E-state index contributed by atoms with van der Waals surface area (Å²) in [6, 6.07) is 61.5. The van der Waals surface area contributed by atoms with Gasteiger partial charge in [-0.25, -0.2) is 4.98 Å². The van der Waals surface area contributed by atoms with E-state index in [4.69, 9.17) is 15.0 Å². The van der Waals surface area contributed by atoms with Crippen LogP contribution in [0.3, 0.4) is 0 Å². The lowest BCUT2D eigenvalue weighted by molar-refractivity contribution is 0.954. The molecule has 0 saturated heterocycles. The molecule has 7 heterocycles. The van der Waals surface area contributed by atoms with E-state index in [1.54, 1.807) is 0 Å². The molecular formula is C55H28N6S. The van der Waals surface area contributed by atoms with Gasteiger partial charge in [-0.3, -0.25) is 4.57 Å². The summed E-state index contributed by atoms with van der Waals surface area (Å²) in [5.41, 5.74) is 11.3. The zero-order valence-corrected chi connectivity index (χ0v) is 33.6. The van der Waals surface area contributed by atoms with E-state index >= 15 is 0 Å². The average molecular weight is 805 g/mol. The van der Waals surface area contributed by atoms with Gasteiger partial charge in [0, 0.05) is 80.1 Å². The van der Waals surface area contributed by atoms with E-state index < -0.39 is 0 Å². The van der Waals surface area contributed by atoms with Gasteiger partial charge >= 0.3 is 0 Å². The molecule has 0 unspecified atom stereocenters. The maximum atomic E-state index is 5.57. The van der Waals surface area contributed by atoms with Crippen LogP contribution in [0.15, 0.2) is 170 Å². The van der Waals surface area contributed by atoms with Gasteiger partial charge in [-0.2, -0.15) is 9.97 Å². The molecule has 62 heavy (non-hydrogen) atoms. The van der Waals surface area contributed by atoms with E-state index in [1.807, 2.05) is 17.4 Å². The molecule has 0 aliphatic rings. The van der Waals surface area contributed by atoms with Crippen molar-refractivity contribution < 1.29 is 0 Å². The smallest absolute Gasteiger partial charge is 0.238 e. The van der Waals surface area contributed by atoms with Crippen molar-refractivity contribution in [1.82, 2.24) is 28.5 Å². The number of nitrogens with zero attached hydrogens (tertiary/aromatic N) is 6. The molecule has 0 N–H and O–H groups in total. The largest absolute Gasteiger partial charge is 0.309 e. The van der Waals surface area contributed by atoms with Crippen molar-refractivity contribution in [3.8, 4) is 34.4 Å². The molecule has 16 aromatic rings. The Bertz CT molecular complexity index is 4490. The fourth-order valence-corrected chi connectivity index (χ4v) is 12.4. The molecule has 0 aliphatic carbocycles. The van der Waals surface area contributed by atoms with Crippen molar-refractivity contribution in [2.45, 2.75) is 0 Å². The number of hydrogen-bond acceptors (Lipinski definition) is 4. The van der Waals surface area contributed by atoms with Gasteiger partial charge in [-0.1, -0.05) is 115 Å². The lowest BCUT2D eigenvalue weighted by atomic mass is 10.0. The fourth-order valence-electron chi connectivity index (χ4n) is 11.3. The van der Waals surface area contributed by atoms with Crippen LogP contribution in [0.5, 0.6) is 0 Å². The Morgan fingerprint density at radius 3 is 1.84 bits per heavy atom. The van der Waals surface area contributed by atoms with Gasteiger partial charge in [-0.05, 0) is 65.4 Å². The van der Waals surface area contributed by atoms with E-state index in [0.29, 0.717) is 17.6 Å². The Morgan fingerprint density at radius 2 is 1.00 bits per heavy atom. The van der Waals surface area contributed by atoms with E-state index in [0.717, 1.165) is 49.7 Å². The maximum absolute atomic E-state index is 5.57. The van der Waals surface area contributed by atoms with Crippen LogP contribution in [0, 0.1) is 0 Å². The minimum absolute atomic E-state index is 0.598. The third kappa shape index (κ3) is 3.72. The first-order valence-corrected chi connectivity index (χ1v) is 21.9. The van der Waals surface area contributed by atoms with Gasteiger partial charge in [0.25, 0.3) is 0 Å². The Labute approximate surface area is 355 Å². The summed E-state index contributed by atoms with van der Waals surface area (Å²) in [6.07, 6.45) is 0. The molecule has 0 atom stereocenters. The molecule has 7 aromatic heterocycles. The molecule has 16 rings (SSSR count). The van der Waals surface area contributed by atoms with Gasteiger partial charge in [0.2, 0.25) is 5.95 Å². The molecule has 0 saturated carbocycles. The van der Waals surface area contributed by atoms with Crippen LogP contribution in [0.2, 0.25) is 0 Å². The molecule has 0 spiro atoms. The van der Waals surface area contributed by atoms with E-state index in [1.165, 1.54) is 79.8 Å². The summed E-state index contributed by atoms with van der Waals surface area (Å²) in [5.74, 6) is 1.86. The van der Waals surface area contributed by atoms with Gasteiger partial charge in [-0.15, -0.1) is 11.3 Å². The second-order valence-electron chi connectivity index (χ2n) is 16.7. The fraction of sp³-hybridized carbons (Fsp3) is 0. The first-order chi connectivity index (χ1) is 30.8. The highest BCUT2D eigenvalue weighted by Crippen LogP contribution is 2.53. The summed E-state index contributed by atoms with van der Waals surface area (Å²) in [4.78, 5) is 16.4. The van der Waals surface area contributed by atoms with Crippen molar-refractivity contribution in [2.24, 2.45) is 0 Å². The molecule has 0 bridgehead atoms. The Kier molecular flexibility index (Phi) is 5.62. The standard InChI is InChI=1S/C55H28N6S/c1-3-11-29(12-4-1)53-56-54(37-19-10-20-39-45(37)38-27-30-13-7-8-14-31(30)28-42(38)59(39)32-15-5-2-6-16-32)58-55(57-53)60-40-24-26-43-48-46(40)47-41(60)23-21-35-33-17-9-18-34-36-22-25-44(62-43)49(48)52(36)61(50(33)34)51(35)47/h1-28H. The van der Waals surface area contributed by atoms with Crippen molar-refractivity contribution in [2.75, 3.05) is 0 Å². The number of hydrogen-bond donors (Lipinski definition) is 0. The molecule has 0 amide bonds. The lowest BCUT2D eigenvalue weighted by Gasteiger charge is -2.12. The number of para-hydroxylation sites is 2. The zero-order valence-electron chi connectivity index (χ0n) is 32.8. The predicted molar refractivity (Wildman–Crippen MR) is 258 cm³/mol. The third-order valence-corrected chi connectivity index (χ3v) is 14.8. The van der Waals surface area contributed by atoms with Gasteiger partial charge in [0.1, 0.15) is 0 Å². The second kappa shape index (κ2) is 11.0. The monoisotopic (exact) mass is 804 g/mol. The third-order valence-electron chi connectivity index (χ3n) is 13.7. The van der Waals surface area contributed by atoms with Crippen molar-refractivity contribution in [1.29, 1.82) is 0 Å². The zero-order chi connectivity index (χ0) is 39.9. The van der Waals surface area contributed by atoms with Gasteiger partial charge in [0.05, 0.1) is 38.6 Å². The van der Waals surface area contributed by atoms with Crippen molar-refractivity contribution in [3.63, 3.8) is 0 Å². The summed E-state index contributed by atoms with van der Waals surface area (Å²) >= 11 is 1.89. The second-order valence-corrected chi connectivity index (χ2v) is 17.8. The molecule has 284 valence electrons. The minimum atomic E-state index is 0.598. The summed E-state index contributed by atoms with van der Waals surface area (Å²) < 4.78 is 9.88. The van der Waals surface area contributed by atoms with Gasteiger partial charge < -0.3 is 8.97 Å². The number of thiophene rings is 1. The average Bonchev–Trinajstić information content (AvgIpc) is 4.11. The topological polar surface area (TPSA) is 52.9 Å². The molecule has 0 aliphatic heterocycles. The highest BCUT2D eigenvalue weighted by molar-refractivity contribution is 7.26. The minimum Gasteiger partial charge on any atom is -0.309 e. The number of aromatic nitrogens is 6. The van der Waals surface area contributed by atoms with Crippen molar-refractivity contribution >= 4 is 124 Å². The Hall–Kier alpha value is -8.13. The van der Waals surface area contributed by atoms with Crippen LogP contribution < -0.4 is 0 Å². The normalized spacial score (nSPS) is 12.8. The molecular weight excluding hydrogens is 777 g/mol. The van der Waals surface area contributed by atoms with Crippen molar-refractivity contribution in [3.05, 3.63) is 170 Å². The van der Waals surface area contributed by atoms with Crippen LogP contribution in [-0.4, -0.2) is 28.5 Å². The number of rotatable bonds is 4. The molecule has 0 fully saturated rings. The van der Waals surface area contributed by atoms with Crippen LogP contribution in [0.25, 0.3) is 147 Å². The Morgan fingerprint density at radius 1 is 0.371 bits per heavy atom. The molecule has 9 aromatic carbocycles. The predicted octanol–water partition coefficient (Wildman–Crippen LogP) is 14.4. The summed E-state index contributed by atoms with van der Waals surface area (Å²) in [5, 5.41) is 15.0. The number of benzene rings is 9. The SMILES string of the molecule is c1ccc(-c2nc(-c3cccc4c3c3cc5ccccc5cc3n4-c3ccccc3)nc(-n3c4ccc5sc6ccc7c8cccc9c%10ccc3c3c4c5c6c7n(c89)c%103)n2)cc1. The maximum Gasteiger partial charge on any atom is 0.238 e. The van der Waals surface area contributed by atoms with Crippen LogP contribution in [0.4, 0.5) is 0 Å². The van der Waals surface area contributed by atoms with E-state index in [2.05, 4.69) is 177 Å². The quantitative estimate of drug-likeness (QED) is 0.178. The summed E-state index contributed by atoms with van der Waals surface area (Å²) in [7, 11) is 0. The first kappa shape index (κ1) is 31.7. The molecule has 6 nitrogen and oxygen atoms in total. The molecule has 7 heteroatoms. The van der Waals surface area contributed by atoms with E-state index in [-0.39, 0.29) is 0 Å². The van der Waals surface area contributed by atoms with Crippen LogP contribution in [0.1, 0.15) is 0 Å². The van der Waals surface area contributed by atoms with Crippen LogP contribution in [-0.2, 0) is 0 Å². The lowest BCUT2D eigenvalue weighted by Crippen LogP contribution is -2.06. The Balaban J connectivity index is 1.06. The number of fused-ring (bicyclic) bond motifs is 6.